The van der Waals surface area contributed by atoms with E-state index < -0.39 is 23.2 Å². The van der Waals surface area contributed by atoms with Crippen molar-refractivity contribution in [3.05, 3.63) is 81.6 Å². The largest absolute Gasteiger partial charge is 0.416 e. The van der Waals surface area contributed by atoms with Gasteiger partial charge in [0.2, 0.25) is 5.56 Å². The van der Waals surface area contributed by atoms with Gasteiger partial charge in [-0.1, -0.05) is 23.9 Å². The molecule has 1 amide bonds. The number of amides is 1. The van der Waals surface area contributed by atoms with Gasteiger partial charge in [0.05, 0.1) is 21.9 Å². The first-order valence-corrected chi connectivity index (χ1v) is 10.8. The summed E-state index contributed by atoms with van der Waals surface area (Å²) in [5.41, 5.74) is 2.19. The maximum absolute atomic E-state index is 12.7. The quantitative estimate of drug-likeness (QED) is 0.114. The number of carbonyl (C=O) groups excluding carboxylic acids is 1. The Labute approximate surface area is 201 Å². The average Bonchev–Trinajstić information content (AvgIpc) is 2.84. The van der Waals surface area contributed by atoms with E-state index in [1.807, 2.05) is 6.07 Å². The van der Waals surface area contributed by atoms with Gasteiger partial charge in [0.25, 0.3) is 5.91 Å². The zero-order valence-corrected chi connectivity index (χ0v) is 18.6. The van der Waals surface area contributed by atoms with Gasteiger partial charge in [0, 0.05) is 22.9 Å². The molecule has 0 aliphatic rings. The number of rotatable bonds is 6. The average molecular weight is 501 g/mol. The monoisotopic (exact) mass is 501 g/mol. The minimum absolute atomic E-state index is 0.149. The molecule has 9 nitrogen and oxygen atoms in total. The number of hydrogen-bond donors (Lipinski definition) is 5. The summed E-state index contributed by atoms with van der Waals surface area (Å²) in [6.07, 6.45) is -4.49. The van der Waals surface area contributed by atoms with Crippen LogP contribution in [-0.4, -0.2) is 22.5 Å². The molecule has 1 heterocycles. The summed E-state index contributed by atoms with van der Waals surface area (Å²) in [5, 5.41) is 16.0. The number of aromatic amines is 1. The standard InChI is InChI=1S/C22H18F3N7O2S/c23-22(24,25)14-4-6-15(7-5-14)29-20(34)13-3-1-2-12(8-13)16-9-19(33)30-21(17(16)10-26)35-11-18(31-27)32-28/h1-9H,11,27-28H2,(H,29,34)(H,30,33)(H,31,32). The van der Waals surface area contributed by atoms with E-state index in [1.165, 1.54) is 18.2 Å². The lowest BCUT2D eigenvalue weighted by Gasteiger charge is -2.11. The number of nitriles is 1. The second-order valence-electron chi connectivity index (χ2n) is 6.98. The van der Waals surface area contributed by atoms with Gasteiger partial charge >= 0.3 is 6.18 Å². The van der Waals surface area contributed by atoms with Crippen LogP contribution in [0.4, 0.5) is 18.9 Å². The molecule has 0 saturated heterocycles. The molecule has 0 radical (unpaired) electrons. The second kappa shape index (κ2) is 10.8. The molecular weight excluding hydrogens is 483 g/mol. The number of carbonyl (C=O) groups is 1. The van der Waals surface area contributed by atoms with Gasteiger partial charge in [-0.15, -0.1) is 0 Å². The van der Waals surface area contributed by atoms with Gasteiger partial charge in [-0.25, -0.2) is 5.84 Å². The Bertz CT molecular complexity index is 1360. The molecule has 13 heteroatoms. The maximum Gasteiger partial charge on any atom is 0.416 e. The van der Waals surface area contributed by atoms with Crippen LogP contribution in [0.15, 0.2) is 69.5 Å². The normalized spacial score (nSPS) is 11.6. The predicted molar refractivity (Wildman–Crippen MR) is 126 cm³/mol. The molecule has 180 valence electrons. The van der Waals surface area contributed by atoms with Crippen molar-refractivity contribution >= 4 is 29.2 Å². The van der Waals surface area contributed by atoms with Crippen LogP contribution < -0.4 is 28.0 Å². The van der Waals surface area contributed by atoms with Crippen LogP contribution in [0.25, 0.3) is 11.1 Å². The van der Waals surface area contributed by atoms with E-state index in [1.54, 1.807) is 12.1 Å². The summed E-state index contributed by atoms with van der Waals surface area (Å²) in [5.74, 6) is 10.3. The van der Waals surface area contributed by atoms with Crippen LogP contribution in [-0.2, 0) is 6.18 Å². The van der Waals surface area contributed by atoms with E-state index >= 15 is 0 Å². The Balaban J connectivity index is 1.90. The molecule has 3 aromatic rings. The summed E-state index contributed by atoms with van der Waals surface area (Å²) in [6, 6.07) is 13.4. The highest BCUT2D eigenvalue weighted by Crippen LogP contribution is 2.31. The number of benzene rings is 2. The van der Waals surface area contributed by atoms with Gasteiger partial charge in [-0.05, 0) is 42.0 Å². The summed E-state index contributed by atoms with van der Waals surface area (Å²) >= 11 is 1.08. The maximum atomic E-state index is 12.7. The van der Waals surface area contributed by atoms with E-state index in [-0.39, 0.29) is 39.0 Å². The molecule has 0 unspecified atom stereocenters. The van der Waals surface area contributed by atoms with Crippen molar-refractivity contribution in [2.75, 3.05) is 11.1 Å². The number of nitrogens with one attached hydrogen (secondary N) is 3. The molecule has 1 aromatic heterocycles. The zero-order chi connectivity index (χ0) is 25.6. The number of hydrogen-bond acceptors (Lipinski definition) is 7. The highest BCUT2D eigenvalue weighted by atomic mass is 32.2. The minimum atomic E-state index is -4.49. The number of halogens is 3. The number of H-pyrrole nitrogens is 1. The van der Waals surface area contributed by atoms with Crippen LogP contribution in [0.3, 0.4) is 0 Å². The fraction of sp³-hybridized carbons (Fsp3) is 0.0909. The van der Waals surface area contributed by atoms with Crippen molar-refractivity contribution in [3.63, 3.8) is 0 Å². The van der Waals surface area contributed by atoms with E-state index in [0.29, 0.717) is 5.56 Å². The van der Waals surface area contributed by atoms with Crippen LogP contribution >= 0.6 is 11.8 Å². The van der Waals surface area contributed by atoms with Crippen LogP contribution in [0.2, 0.25) is 0 Å². The Morgan fingerprint density at radius 2 is 1.89 bits per heavy atom. The molecule has 0 aliphatic carbocycles. The molecule has 3 rings (SSSR count). The third-order valence-electron chi connectivity index (χ3n) is 4.70. The van der Waals surface area contributed by atoms with Crippen LogP contribution in [0, 0.1) is 11.3 Å². The predicted octanol–water partition coefficient (Wildman–Crippen LogP) is 3.01. The first-order valence-electron chi connectivity index (χ1n) is 9.79. The molecule has 0 spiro atoms. The van der Waals surface area contributed by atoms with Crippen molar-refractivity contribution in [1.29, 1.82) is 5.26 Å². The van der Waals surface area contributed by atoms with E-state index in [9.17, 15) is 28.0 Å². The minimum Gasteiger partial charge on any atom is -0.322 e. The van der Waals surface area contributed by atoms with E-state index in [2.05, 4.69) is 20.8 Å². The highest BCUT2D eigenvalue weighted by molar-refractivity contribution is 8.00. The topological polar surface area (TPSA) is 162 Å². The number of nitrogens with two attached hydrogens (primary N) is 2. The first kappa shape index (κ1) is 25.3. The fourth-order valence-corrected chi connectivity index (χ4v) is 3.93. The Hall–Kier alpha value is -4.28. The Morgan fingerprint density at radius 1 is 1.17 bits per heavy atom. The van der Waals surface area contributed by atoms with Crippen molar-refractivity contribution < 1.29 is 18.0 Å². The molecule has 0 saturated carbocycles. The SMILES string of the molecule is N#Cc1c(-c2cccc(C(=O)Nc3ccc(C(F)(F)F)cc3)c2)cc(=O)[nH]c1SC/C(=N/N)NN. The number of hydrazine groups is 1. The smallest absolute Gasteiger partial charge is 0.322 e. The number of nitrogens with zero attached hydrogens (tertiary/aromatic N) is 2. The molecule has 0 atom stereocenters. The van der Waals surface area contributed by atoms with E-state index in [0.717, 1.165) is 36.0 Å². The van der Waals surface area contributed by atoms with Crippen LogP contribution in [0.5, 0.6) is 0 Å². The third-order valence-corrected chi connectivity index (χ3v) is 5.71. The van der Waals surface area contributed by atoms with Gasteiger partial charge in [-0.2, -0.15) is 23.5 Å². The molecular formula is C22H18F3N7O2S. The molecule has 7 N–H and O–H groups in total. The molecule has 0 bridgehead atoms. The van der Waals surface area contributed by atoms with Crippen molar-refractivity contribution in [3.8, 4) is 17.2 Å². The zero-order valence-electron chi connectivity index (χ0n) is 17.8. The summed E-state index contributed by atoms with van der Waals surface area (Å²) in [7, 11) is 0. The fourth-order valence-electron chi connectivity index (χ4n) is 3.01. The van der Waals surface area contributed by atoms with Crippen LogP contribution in [0.1, 0.15) is 21.5 Å². The number of hydrazone groups is 1. The Kier molecular flexibility index (Phi) is 7.80. The number of pyridine rings is 1. The van der Waals surface area contributed by atoms with Crippen molar-refractivity contribution in [2.24, 2.45) is 16.8 Å². The molecule has 2 aromatic carbocycles. The third kappa shape index (κ3) is 6.19. The summed E-state index contributed by atoms with van der Waals surface area (Å²) in [6.45, 7) is 0. The van der Waals surface area contributed by atoms with Crippen molar-refractivity contribution in [1.82, 2.24) is 10.4 Å². The highest BCUT2D eigenvalue weighted by Gasteiger charge is 2.30. The number of alkyl halides is 3. The van der Waals surface area contributed by atoms with Gasteiger partial charge < -0.3 is 21.6 Å². The lowest BCUT2D eigenvalue weighted by atomic mass is 10.00. The summed E-state index contributed by atoms with van der Waals surface area (Å²) in [4.78, 5) is 27.5. The number of aromatic nitrogens is 1. The van der Waals surface area contributed by atoms with Gasteiger partial charge in [0.1, 0.15) is 11.9 Å². The number of thioether (sulfide) groups is 1. The Morgan fingerprint density at radius 3 is 2.49 bits per heavy atom. The first-order chi connectivity index (χ1) is 16.7. The van der Waals surface area contributed by atoms with Gasteiger partial charge in [-0.3, -0.25) is 9.59 Å². The lowest BCUT2D eigenvalue weighted by molar-refractivity contribution is -0.137. The van der Waals surface area contributed by atoms with Gasteiger partial charge in [0.15, 0.2) is 0 Å². The molecule has 0 aliphatic heterocycles. The summed E-state index contributed by atoms with van der Waals surface area (Å²) < 4.78 is 38.2. The molecule has 35 heavy (non-hydrogen) atoms. The van der Waals surface area contributed by atoms with E-state index in [4.69, 9.17) is 11.7 Å². The number of amidine groups is 1. The number of anilines is 1. The van der Waals surface area contributed by atoms with Crippen molar-refractivity contribution in [2.45, 2.75) is 11.2 Å². The molecule has 0 fully saturated rings. The second-order valence-corrected chi connectivity index (χ2v) is 7.97. The lowest BCUT2D eigenvalue weighted by Crippen LogP contribution is -2.33.